The first-order valence-corrected chi connectivity index (χ1v) is 7.28. The summed E-state index contributed by atoms with van der Waals surface area (Å²) in [7, 11) is 0. The van der Waals surface area contributed by atoms with Gasteiger partial charge in [0.05, 0.1) is 6.04 Å². The molecule has 0 saturated carbocycles. The number of piperidine rings is 1. The maximum absolute atomic E-state index is 10.7. The minimum atomic E-state index is -0.968. The van der Waals surface area contributed by atoms with Crippen molar-refractivity contribution < 1.29 is 19.7 Å². The summed E-state index contributed by atoms with van der Waals surface area (Å²) in [6.07, 6.45) is 0.00524. The third-order valence-electron chi connectivity index (χ3n) is 4.26. The highest BCUT2D eigenvalue weighted by molar-refractivity contribution is 5.64. The van der Waals surface area contributed by atoms with Crippen LogP contribution in [-0.2, 0) is 0 Å². The Morgan fingerprint density at radius 1 is 1.29 bits per heavy atom. The number of amides is 1. The largest absolute Gasteiger partial charge is 0.490 e. The molecule has 1 amide bonds. The van der Waals surface area contributed by atoms with Crippen LogP contribution in [0.25, 0.3) is 0 Å². The second kappa shape index (κ2) is 5.91. The van der Waals surface area contributed by atoms with E-state index in [-0.39, 0.29) is 12.1 Å². The van der Waals surface area contributed by atoms with Gasteiger partial charge < -0.3 is 20.3 Å². The van der Waals surface area contributed by atoms with Gasteiger partial charge in [0.25, 0.3) is 0 Å². The minimum absolute atomic E-state index is 0.00553. The molecule has 2 atom stereocenters. The lowest BCUT2D eigenvalue weighted by Crippen LogP contribution is -2.49. The first kappa shape index (κ1) is 14.2. The Kier molecular flexibility index (Phi) is 3.98. The number of aliphatic hydroxyl groups excluding tert-OH is 1. The van der Waals surface area contributed by atoms with Crippen LogP contribution in [0.1, 0.15) is 24.4 Å². The summed E-state index contributed by atoms with van der Waals surface area (Å²) >= 11 is 0. The molecule has 0 spiro atoms. The quantitative estimate of drug-likeness (QED) is 0.763. The molecule has 1 saturated heterocycles. The predicted octanol–water partition coefficient (Wildman–Crippen LogP) is 1.21. The van der Waals surface area contributed by atoms with Crippen molar-refractivity contribution in [3.63, 3.8) is 0 Å². The van der Waals surface area contributed by atoms with Crippen LogP contribution in [-0.4, -0.2) is 53.0 Å². The van der Waals surface area contributed by atoms with Crippen molar-refractivity contribution in [3.05, 3.63) is 29.8 Å². The topological polar surface area (TPSA) is 82.0 Å². The monoisotopic (exact) mass is 292 g/mol. The molecule has 1 fully saturated rings. The molecule has 6 heteroatoms. The molecule has 6 nitrogen and oxygen atoms in total. The number of carboxylic acid groups (broad SMARTS) is 1. The summed E-state index contributed by atoms with van der Waals surface area (Å²) in [6.45, 7) is 1.83. The Morgan fingerprint density at radius 2 is 2.00 bits per heavy atom. The zero-order valence-electron chi connectivity index (χ0n) is 11.7. The van der Waals surface area contributed by atoms with Crippen LogP contribution in [0, 0.1) is 0 Å². The first-order valence-electron chi connectivity index (χ1n) is 7.28. The minimum Gasteiger partial charge on any atom is -0.490 e. The van der Waals surface area contributed by atoms with Crippen LogP contribution in [0.2, 0.25) is 0 Å². The Hall–Kier alpha value is -1.79. The highest BCUT2D eigenvalue weighted by Crippen LogP contribution is 2.37. The molecule has 1 aromatic carbocycles. The molecule has 0 unspecified atom stereocenters. The van der Waals surface area contributed by atoms with Gasteiger partial charge in [-0.15, -0.1) is 0 Å². The molecular weight excluding hydrogens is 272 g/mol. The summed E-state index contributed by atoms with van der Waals surface area (Å²) in [6, 6.07) is 7.73. The van der Waals surface area contributed by atoms with Gasteiger partial charge in [0.15, 0.2) is 0 Å². The highest BCUT2D eigenvalue weighted by atomic mass is 16.5. The van der Waals surface area contributed by atoms with Crippen molar-refractivity contribution in [1.29, 1.82) is 0 Å². The van der Waals surface area contributed by atoms with Crippen molar-refractivity contribution in [2.45, 2.75) is 31.0 Å². The lowest BCUT2D eigenvalue weighted by molar-refractivity contribution is -0.00967. The van der Waals surface area contributed by atoms with E-state index in [1.807, 2.05) is 24.3 Å². The Balaban J connectivity index is 1.71. The molecule has 0 aliphatic carbocycles. The number of rotatable bonds is 2. The lowest BCUT2D eigenvalue weighted by atomic mass is 9.93. The van der Waals surface area contributed by atoms with E-state index in [2.05, 4.69) is 10.2 Å². The van der Waals surface area contributed by atoms with Gasteiger partial charge in [-0.05, 0) is 18.9 Å². The third-order valence-corrected chi connectivity index (χ3v) is 4.26. The van der Waals surface area contributed by atoms with E-state index in [0.29, 0.717) is 6.61 Å². The zero-order chi connectivity index (χ0) is 14.8. The predicted molar refractivity (Wildman–Crippen MR) is 76.4 cm³/mol. The van der Waals surface area contributed by atoms with Crippen LogP contribution in [0.5, 0.6) is 5.75 Å². The Morgan fingerprint density at radius 3 is 2.71 bits per heavy atom. The molecule has 2 aliphatic heterocycles. The van der Waals surface area contributed by atoms with Gasteiger partial charge in [0.1, 0.15) is 18.5 Å². The van der Waals surface area contributed by atoms with Crippen LogP contribution < -0.4 is 10.1 Å². The number of ether oxygens (including phenoxy) is 1. The van der Waals surface area contributed by atoms with Crippen molar-refractivity contribution in [2.24, 2.45) is 0 Å². The van der Waals surface area contributed by atoms with E-state index in [0.717, 1.165) is 37.2 Å². The second-order valence-electron chi connectivity index (χ2n) is 5.62. The third kappa shape index (κ3) is 2.96. The van der Waals surface area contributed by atoms with Crippen LogP contribution >= 0.6 is 0 Å². The molecular formula is C15H20N2O4. The van der Waals surface area contributed by atoms with Gasteiger partial charge in [0, 0.05) is 24.7 Å². The van der Waals surface area contributed by atoms with E-state index in [9.17, 15) is 9.90 Å². The SMILES string of the molecule is O=C(O)NC1CCN([C@H]2c3ccccc3OC[C@@H]2O)CC1. The molecule has 2 aliphatic rings. The number of likely N-dealkylation sites (tertiary alicyclic amines) is 1. The van der Waals surface area contributed by atoms with Crippen molar-refractivity contribution >= 4 is 6.09 Å². The van der Waals surface area contributed by atoms with Crippen molar-refractivity contribution in [3.8, 4) is 5.75 Å². The van der Waals surface area contributed by atoms with Crippen molar-refractivity contribution in [2.75, 3.05) is 19.7 Å². The van der Waals surface area contributed by atoms with Gasteiger partial charge in [-0.1, -0.05) is 18.2 Å². The molecule has 114 valence electrons. The summed E-state index contributed by atoms with van der Waals surface area (Å²) < 4.78 is 5.56. The number of benzene rings is 1. The van der Waals surface area contributed by atoms with E-state index < -0.39 is 12.2 Å². The molecule has 1 aromatic rings. The number of fused-ring (bicyclic) bond motifs is 1. The van der Waals surface area contributed by atoms with E-state index >= 15 is 0 Å². The molecule has 0 aromatic heterocycles. The van der Waals surface area contributed by atoms with Gasteiger partial charge >= 0.3 is 6.09 Å². The lowest BCUT2D eigenvalue weighted by Gasteiger charge is -2.42. The summed E-state index contributed by atoms with van der Waals surface area (Å²) in [5, 5.41) is 21.6. The molecule has 0 radical (unpaired) electrons. The van der Waals surface area contributed by atoms with Crippen molar-refractivity contribution in [1.82, 2.24) is 10.2 Å². The van der Waals surface area contributed by atoms with Gasteiger partial charge in [-0.2, -0.15) is 0 Å². The van der Waals surface area contributed by atoms with E-state index in [4.69, 9.17) is 9.84 Å². The summed E-state index contributed by atoms with van der Waals surface area (Å²) in [5.74, 6) is 0.832. The summed E-state index contributed by atoms with van der Waals surface area (Å²) in [5.41, 5.74) is 1.01. The molecule has 0 bridgehead atoms. The molecule has 3 rings (SSSR count). The van der Waals surface area contributed by atoms with E-state index in [1.54, 1.807) is 0 Å². The fourth-order valence-corrected chi connectivity index (χ4v) is 3.27. The smallest absolute Gasteiger partial charge is 0.404 e. The van der Waals surface area contributed by atoms with Gasteiger partial charge in [-0.3, -0.25) is 4.90 Å². The number of hydrogen-bond acceptors (Lipinski definition) is 4. The number of carbonyl (C=O) groups is 1. The number of nitrogens with zero attached hydrogens (tertiary/aromatic N) is 1. The van der Waals surface area contributed by atoms with Crippen LogP contribution in [0.4, 0.5) is 4.79 Å². The number of nitrogens with one attached hydrogen (secondary N) is 1. The Labute approximate surface area is 123 Å². The highest BCUT2D eigenvalue weighted by Gasteiger charge is 2.35. The molecule has 2 heterocycles. The maximum atomic E-state index is 10.7. The normalized spacial score (nSPS) is 26.7. The fraction of sp³-hybridized carbons (Fsp3) is 0.533. The standard InChI is InChI=1S/C15H20N2O4/c18-12-9-21-13-4-2-1-3-11(13)14(12)17-7-5-10(6-8-17)16-15(19)20/h1-4,10,12,14,16,18H,5-9H2,(H,19,20)/t12-,14-/m0/s1. The number of hydrogen-bond donors (Lipinski definition) is 3. The fourth-order valence-electron chi connectivity index (χ4n) is 3.27. The van der Waals surface area contributed by atoms with Crippen LogP contribution in [0.3, 0.4) is 0 Å². The summed E-state index contributed by atoms with van der Waals surface area (Å²) in [4.78, 5) is 12.9. The maximum Gasteiger partial charge on any atom is 0.404 e. The first-order chi connectivity index (χ1) is 10.1. The average Bonchev–Trinajstić information content (AvgIpc) is 2.48. The molecule has 21 heavy (non-hydrogen) atoms. The van der Waals surface area contributed by atoms with E-state index in [1.165, 1.54) is 0 Å². The number of aliphatic hydroxyl groups is 1. The zero-order valence-corrected chi connectivity index (χ0v) is 11.7. The Bertz CT molecular complexity index is 514. The van der Waals surface area contributed by atoms with Gasteiger partial charge in [0.2, 0.25) is 0 Å². The molecule has 3 N–H and O–H groups in total. The number of para-hydroxylation sites is 1. The average molecular weight is 292 g/mol. The van der Waals surface area contributed by atoms with Gasteiger partial charge in [-0.25, -0.2) is 4.79 Å². The van der Waals surface area contributed by atoms with Crippen LogP contribution in [0.15, 0.2) is 24.3 Å². The second-order valence-corrected chi connectivity index (χ2v) is 5.62.